The summed E-state index contributed by atoms with van der Waals surface area (Å²) >= 11 is 0. The molecule has 2 heterocycles. The Kier molecular flexibility index (Phi) is 2.30. The van der Waals surface area contributed by atoms with Gasteiger partial charge in [0, 0.05) is 12.2 Å². The van der Waals surface area contributed by atoms with Crippen molar-refractivity contribution in [2.75, 3.05) is 0 Å². The average molecular weight is 224 g/mol. The third-order valence-corrected chi connectivity index (χ3v) is 2.13. The van der Waals surface area contributed by atoms with Crippen molar-refractivity contribution in [3.63, 3.8) is 0 Å². The van der Waals surface area contributed by atoms with E-state index in [-0.39, 0.29) is 17.2 Å². The molecule has 0 aromatic carbocycles. The summed E-state index contributed by atoms with van der Waals surface area (Å²) in [7, 11) is 0. The monoisotopic (exact) mass is 224 g/mol. The molecule has 2 rings (SSSR count). The fourth-order valence-corrected chi connectivity index (χ4v) is 1.32. The highest BCUT2D eigenvalue weighted by Gasteiger charge is 2.09. The van der Waals surface area contributed by atoms with Gasteiger partial charge >= 0.3 is 11.2 Å². The quantitative estimate of drug-likeness (QED) is 0.750. The first-order chi connectivity index (χ1) is 7.49. The zero-order valence-corrected chi connectivity index (χ0v) is 8.69. The van der Waals surface area contributed by atoms with Gasteiger partial charge in [-0.2, -0.15) is 9.37 Å². The van der Waals surface area contributed by atoms with E-state index in [2.05, 4.69) is 15.0 Å². The summed E-state index contributed by atoms with van der Waals surface area (Å²) in [5.41, 5.74) is -1.35. The maximum absolute atomic E-state index is 12.9. The third kappa shape index (κ3) is 1.60. The number of nitrogens with one attached hydrogen (secondary N) is 1. The van der Waals surface area contributed by atoms with Crippen LogP contribution in [0.25, 0.3) is 11.2 Å². The first-order valence-corrected chi connectivity index (χ1v) is 4.68. The molecule has 84 valence electrons. The van der Waals surface area contributed by atoms with E-state index in [0.717, 1.165) is 0 Å². The smallest absolute Gasteiger partial charge is 0.301 e. The van der Waals surface area contributed by atoms with E-state index in [1.807, 2.05) is 0 Å². The second-order valence-corrected chi connectivity index (χ2v) is 3.62. The molecule has 0 atom stereocenters. The molecule has 0 amide bonds. The Morgan fingerprint density at radius 1 is 1.38 bits per heavy atom. The minimum Gasteiger partial charge on any atom is -0.301 e. The Bertz CT molecular complexity index is 659. The van der Waals surface area contributed by atoms with Gasteiger partial charge in [0.25, 0.3) is 5.95 Å². The van der Waals surface area contributed by atoms with Gasteiger partial charge in [-0.15, -0.1) is 0 Å². The molecule has 6 nitrogen and oxygen atoms in total. The zero-order valence-electron chi connectivity index (χ0n) is 8.69. The van der Waals surface area contributed by atoms with Gasteiger partial charge < -0.3 is 4.98 Å². The molecule has 7 heteroatoms. The third-order valence-electron chi connectivity index (χ3n) is 2.13. The molecular formula is C9H9FN4O2. The lowest BCUT2D eigenvalue weighted by atomic mass is 10.4. The molecule has 0 saturated heterocycles. The fraction of sp³-hybridized carbons (Fsp3) is 0.333. The summed E-state index contributed by atoms with van der Waals surface area (Å²) in [6.45, 7) is 3.58. The highest BCUT2D eigenvalue weighted by molar-refractivity contribution is 5.67. The lowest BCUT2D eigenvalue weighted by Crippen LogP contribution is -2.26. The van der Waals surface area contributed by atoms with Crippen molar-refractivity contribution in [1.29, 1.82) is 0 Å². The summed E-state index contributed by atoms with van der Waals surface area (Å²) in [4.78, 5) is 31.6. The lowest BCUT2D eigenvalue weighted by Gasteiger charge is -2.08. The lowest BCUT2D eigenvalue weighted by molar-refractivity contribution is 0.555. The molecule has 0 aliphatic heterocycles. The number of fused-ring (bicyclic) bond motifs is 1. The van der Waals surface area contributed by atoms with Gasteiger partial charge in [-0.25, -0.2) is 9.78 Å². The number of aromatic nitrogens is 4. The SMILES string of the molecule is CC(C)n1cc2nc(F)c(=O)[nH]c2nc1=O. The van der Waals surface area contributed by atoms with Crippen LogP contribution >= 0.6 is 0 Å². The van der Waals surface area contributed by atoms with Crippen molar-refractivity contribution < 1.29 is 4.39 Å². The predicted molar refractivity (Wildman–Crippen MR) is 54.8 cm³/mol. The Balaban J connectivity index is 2.85. The molecule has 1 N–H and O–H groups in total. The molecule has 2 aromatic heterocycles. The summed E-state index contributed by atoms with van der Waals surface area (Å²) in [6, 6.07) is -0.110. The van der Waals surface area contributed by atoms with Crippen LogP contribution in [0.15, 0.2) is 15.8 Å². The summed E-state index contributed by atoms with van der Waals surface area (Å²) < 4.78 is 14.2. The average Bonchev–Trinajstić information content (AvgIpc) is 2.19. The first kappa shape index (κ1) is 10.5. The number of aromatic amines is 1. The maximum Gasteiger partial charge on any atom is 0.349 e. The van der Waals surface area contributed by atoms with Crippen LogP contribution in [0.4, 0.5) is 4.39 Å². The molecule has 0 saturated carbocycles. The minimum atomic E-state index is -1.14. The van der Waals surface area contributed by atoms with E-state index in [1.54, 1.807) is 13.8 Å². The van der Waals surface area contributed by atoms with Crippen LogP contribution in [0.1, 0.15) is 19.9 Å². The van der Waals surface area contributed by atoms with Crippen molar-refractivity contribution in [3.8, 4) is 0 Å². The van der Waals surface area contributed by atoms with Gasteiger partial charge in [0.2, 0.25) is 0 Å². The molecule has 0 unspecified atom stereocenters. The molecule has 0 fully saturated rings. The van der Waals surface area contributed by atoms with Gasteiger partial charge in [0.05, 0.1) is 0 Å². The molecule has 16 heavy (non-hydrogen) atoms. The number of hydrogen-bond donors (Lipinski definition) is 1. The molecule has 0 radical (unpaired) electrons. The first-order valence-electron chi connectivity index (χ1n) is 4.68. The standard InChI is InChI=1S/C9H9FN4O2/c1-4(2)14-3-5-7(13-9(14)16)12-8(15)6(10)11-5/h3-4H,1-2H3,(H,12,13,15,16). The van der Waals surface area contributed by atoms with Crippen molar-refractivity contribution in [2.24, 2.45) is 0 Å². The van der Waals surface area contributed by atoms with Crippen molar-refractivity contribution in [1.82, 2.24) is 19.5 Å². The van der Waals surface area contributed by atoms with Crippen LogP contribution in [0, 0.1) is 5.95 Å². The Morgan fingerprint density at radius 3 is 2.69 bits per heavy atom. The van der Waals surface area contributed by atoms with Gasteiger partial charge in [0.15, 0.2) is 5.65 Å². The summed E-state index contributed by atoms with van der Waals surface area (Å²) in [6.07, 6.45) is 1.37. The van der Waals surface area contributed by atoms with E-state index in [1.165, 1.54) is 10.8 Å². The molecular weight excluding hydrogens is 215 g/mol. The number of H-pyrrole nitrogens is 1. The Labute approximate surface area is 88.8 Å². The molecule has 0 aliphatic carbocycles. The van der Waals surface area contributed by atoms with E-state index >= 15 is 0 Å². The van der Waals surface area contributed by atoms with Crippen molar-refractivity contribution >= 4 is 11.2 Å². The van der Waals surface area contributed by atoms with Gasteiger partial charge in [0.1, 0.15) is 5.52 Å². The zero-order chi connectivity index (χ0) is 11.9. The Hall–Kier alpha value is -2.05. The second-order valence-electron chi connectivity index (χ2n) is 3.62. The van der Waals surface area contributed by atoms with Crippen LogP contribution in [-0.4, -0.2) is 19.5 Å². The number of hydrogen-bond acceptors (Lipinski definition) is 4. The van der Waals surface area contributed by atoms with E-state index in [0.29, 0.717) is 0 Å². The fourth-order valence-electron chi connectivity index (χ4n) is 1.32. The van der Waals surface area contributed by atoms with Crippen LogP contribution in [0.3, 0.4) is 0 Å². The van der Waals surface area contributed by atoms with Crippen LogP contribution in [0.5, 0.6) is 0 Å². The maximum atomic E-state index is 12.9. The Morgan fingerprint density at radius 2 is 2.06 bits per heavy atom. The summed E-state index contributed by atoms with van der Waals surface area (Å²) in [5, 5.41) is 0. The topological polar surface area (TPSA) is 80.6 Å². The normalized spacial score (nSPS) is 11.2. The van der Waals surface area contributed by atoms with E-state index in [4.69, 9.17) is 0 Å². The van der Waals surface area contributed by atoms with Gasteiger partial charge in [-0.05, 0) is 13.8 Å². The van der Waals surface area contributed by atoms with Crippen LogP contribution in [-0.2, 0) is 0 Å². The minimum absolute atomic E-state index is 0.00620. The molecule has 0 spiro atoms. The number of rotatable bonds is 1. The molecule has 0 aliphatic rings. The largest absolute Gasteiger partial charge is 0.349 e. The molecule has 0 bridgehead atoms. The van der Waals surface area contributed by atoms with Crippen molar-refractivity contribution in [2.45, 2.75) is 19.9 Å². The van der Waals surface area contributed by atoms with Crippen LogP contribution in [0.2, 0.25) is 0 Å². The molecule has 2 aromatic rings. The highest BCUT2D eigenvalue weighted by Crippen LogP contribution is 2.04. The van der Waals surface area contributed by atoms with E-state index in [9.17, 15) is 14.0 Å². The van der Waals surface area contributed by atoms with Crippen molar-refractivity contribution in [3.05, 3.63) is 33.0 Å². The van der Waals surface area contributed by atoms with Gasteiger partial charge in [-0.3, -0.25) is 9.36 Å². The second kappa shape index (κ2) is 3.51. The van der Waals surface area contributed by atoms with E-state index < -0.39 is 17.2 Å². The number of halogens is 1. The summed E-state index contributed by atoms with van der Waals surface area (Å²) in [5.74, 6) is -1.14. The number of nitrogens with zero attached hydrogens (tertiary/aromatic N) is 3. The predicted octanol–water partition coefficient (Wildman–Crippen LogP) is 0.200. The highest BCUT2D eigenvalue weighted by atomic mass is 19.1. The van der Waals surface area contributed by atoms with Crippen LogP contribution < -0.4 is 11.2 Å². The van der Waals surface area contributed by atoms with Gasteiger partial charge in [-0.1, -0.05) is 0 Å².